The molecule has 0 bridgehead atoms. The fraction of sp³-hybridized carbons (Fsp3) is 0.250. The third kappa shape index (κ3) is 5.11. The Hall–Kier alpha value is -4.78. The van der Waals surface area contributed by atoms with Crippen LogP contribution in [0, 0.1) is 0 Å². The Labute approximate surface area is 235 Å². The SMILES string of the molecule is CCS(=O)(=O)c1ccc(CNc2nc3cnc(-c4c(OC)ncnc4C4CC4)nc3n(-c3ccccc3)c2=O)nc1. The van der Waals surface area contributed by atoms with Gasteiger partial charge in [0.25, 0.3) is 5.56 Å². The Morgan fingerprint density at radius 2 is 1.80 bits per heavy atom. The molecule has 208 valence electrons. The molecule has 1 saturated carbocycles. The van der Waals surface area contributed by atoms with Crippen LogP contribution in [0.2, 0.25) is 0 Å². The molecule has 6 rings (SSSR count). The topological polar surface area (TPSA) is 155 Å². The first-order valence-corrected chi connectivity index (χ1v) is 14.7. The predicted octanol–water partition coefficient (Wildman–Crippen LogP) is 3.32. The molecule has 0 aliphatic heterocycles. The van der Waals surface area contributed by atoms with Crippen LogP contribution in [0.5, 0.6) is 5.88 Å². The molecule has 0 amide bonds. The van der Waals surface area contributed by atoms with Gasteiger partial charge >= 0.3 is 0 Å². The molecule has 0 unspecified atom stereocenters. The number of hydrogen-bond acceptors (Lipinski definition) is 11. The van der Waals surface area contributed by atoms with Crippen molar-refractivity contribution in [2.24, 2.45) is 0 Å². The lowest BCUT2D eigenvalue weighted by Crippen LogP contribution is -2.25. The Balaban J connectivity index is 1.43. The van der Waals surface area contributed by atoms with Gasteiger partial charge in [-0.1, -0.05) is 25.1 Å². The van der Waals surface area contributed by atoms with Gasteiger partial charge in [0.05, 0.1) is 47.6 Å². The first-order valence-electron chi connectivity index (χ1n) is 13.1. The Morgan fingerprint density at radius 1 is 1.00 bits per heavy atom. The summed E-state index contributed by atoms with van der Waals surface area (Å²) in [6.07, 6.45) is 6.38. The minimum Gasteiger partial charge on any atom is -0.480 e. The average Bonchev–Trinajstić information content (AvgIpc) is 3.86. The van der Waals surface area contributed by atoms with Crippen LogP contribution in [0.1, 0.15) is 37.1 Å². The van der Waals surface area contributed by atoms with Crippen LogP contribution in [-0.2, 0) is 16.4 Å². The van der Waals surface area contributed by atoms with E-state index in [2.05, 4.69) is 30.2 Å². The summed E-state index contributed by atoms with van der Waals surface area (Å²) >= 11 is 0. The van der Waals surface area contributed by atoms with Crippen LogP contribution in [0.15, 0.2) is 70.9 Å². The number of para-hydroxylation sites is 1. The third-order valence-electron chi connectivity index (χ3n) is 6.81. The maximum absolute atomic E-state index is 13.8. The van der Waals surface area contributed by atoms with Crippen LogP contribution in [0.25, 0.3) is 28.2 Å². The number of nitrogens with one attached hydrogen (secondary N) is 1. The van der Waals surface area contributed by atoms with Gasteiger partial charge in [0.15, 0.2) is 27.1 Å². The Bertz CT molecular complexity index is 1910. The summed E-state index contributed by atoms with van der Waals surface area (Å²) in [4.78, 5) is 40.9. The molecule has 1 aromatic carbocycles. The zero-order valence-corrected chi connectivity index (χ0v) is 23.2. The van der Waals surface area contributed by atoms with E-state index in [-0.39, 0.29) is 28.9 Å². The molecule has 0 saturated heterocycles. The van der Waals surface area contributed by atoms with E-state index in [1.54, 1.807) is 19.2 Å². The van der Waals surface area contributed by atoms with Gasteiger partial charge in [-0.05, 0) is 37.1 Å². The summed E-state index contributed by atoms with van der Waals surface area (Å²) in [5, 5.41) is 3.05. The van der Waals surface area contributed by atoms with Gasteiger partial charge in [-0.15, -0.1) is 0 Å². The van der Waals surface area contributed by atoms with E-state index in [0.717, 1.165) is 18.5 Å². The summed E-state index contributed by atoms with van der Waals surface area (Å²) in [5.41, 5.74) is 2.86. The van der Waals surface area contributed by atoms with Gasteiger partial charge in [0.1, 0.15) is 17.4 Å². The highest BCUT2D eigenvalue weighted by Gasteiger charge is 2.31. The Kier molecular flexibility index (Phi) is 6.87. The van der Waals surface area contributed by atoms with Crippen molar-refractivity contribution in [2.75, 3.05) is 18.2 Å². The molecule has 0 atom stereocenters. The number of pyridine rings is 1. The Morgan fingerprint density at radius 3 is 2.49 bits per heavy atom. The molecule has 12 nitrogen and oxygen atoms in total. The second kappa shape index (κ2) is 10.7. The smallest absolute Gasteiger partial charge is 0.299 e. The molecule has 0 radical (unpaired) electrons. The fourth-order valence-corrected chi connectivity index (χ4v) is 5.31. The van der Waals surface area contributed by atoms with E-state index in [1.807, 2.05) is 30.3 Å². The van der Waals surface area contributed by atoms with E-state index in [0.29, 0.717) is 39.8 Å². The van der Waals surface area contributed by atoms with Gasteiger partial charge in [-0.2, -0.15) is 0 Å². The van der Waals surface area contributed by atoms with Crippen molar-refractivity contribution in [2.45, 2.75) is 37.1 Å². The van der Waals surface area contributed by atoms with Crippen molar-refractivity contribution in [3.05, 3.63) is 82.9 Å². The van der Waals surface area contributed by atoms with E-state index in [9.17, 15) is 13.2 Å². The molecule has 1 aliphatic carbocycles. The first kappa shape index (κ1) is 26.4. The van der Waals surface area contributed by atoms with Crippen molar-refractivity contribution >= 4 is 26.8 Å². The molecular formula is C28H26N8O4S. The first-order chi connectivity index (χ1) is 19.9. The summed E-state index contributed by atoms with van der Waals surface area (Å²) in [6, 6.07) is 12.3. The maximum Gasteiger partial charge on any atom is 0.299 e. The second-order valence-electron chi connectivity index (χ2n) is 9.50. The number of hydrogen-bond donors (Lipinski definition) is 1. The van der Waals surface area contributed by atoms with Crippen LogP contribution < -0.4 is 15.6 Å². The molecule has 5 aromatic rings. The fourth-order valence-electron chi connectivity index (χ4n) is 4.49. The molecule has 0 spiro atoms. The molecule has 1 fully saturated rings. The minimum absolute atomic E-state index is 0.0118. The molecule has 13 heteroatoms. The highest BCUT2D eigenvalue weighted by molar-refractivity contribution is 7.91. The number of ether oxygens (including phenoxy) is 1. The summed E-state index contributed by atoms with van der Waals surface area (Å²) < 4.78 is 31.2. The number of benzene rings is 1. The highest BCUT2D eigenvalue weighted by Crippen LogP contribution is 2.44. The number of rotatable bonds is 9. The lowest BCUT2D eigenvalue weighted by molar-refractivity contribution is 0.397. The van der Waals surface area contributed by atoms with Gasteiger partial charge in [0.2, 0.25) is 5.88 Å². The number of aromatic nitrogens is 7. The van der Waals surface area contributed by atoms with Crippen LogP contribution >= 0.6 is 0 Å². The molecule has 4 aromatic heterocycles. The minimum atomic E-state index is -3.36. The van der Waals surface area contributed by atoms with Gasteiger partial charge in [0, 0.05) is 12.1 Å². The van der Waals surface area contributed by atoms with E-state index < -0.39 is 15.4 Å². The third-order valence-corrected chi connectivity index (χ3v) is 8.53. The van der Waals surface area contributed by atoms with Crippen LogP contribution in [0.4, 0.5) is 5.82 Å². The van der Waals surface area contributed by atoms with Gasteiger partial charge in [-0.3, -0.25) is 14.3 Å². The van der Waals surface area contributed by atoms with Crippen molar-refractivity contribution in [1.29, 1.82) is 0 Å². The number of fused-ring (bicyclic) bond motifs is 1. The standard InChI is InChI=1S/C28H26N8O4S/c1-3-41(38,39)20-12-11-18(29-14-20)13-30-25-28(37)36(19-7-5-4-6-8-19)26-21(34-25)15-31-24(35-26)22-23(17-9-10-17)32-16-33-27(22)40-2/h4-8,11-12,14-17H,3,9-10,13H2,1-2H3,(H,30,34). The van der Waals surface area contributed by atoms with E-state index >= 15 is 0 Å². The number of anilines is 1. The molecular weight excluding hydrogens is 544 g/mol. The second-order valence-corrected chi connectivity index (χ2v) is 11.8. The predicted molar refractivity (Wildman–Crippen MR) is 152 cm³/mol. The lowest BCUT2D eigenvalue weighted by atomic mass is 10.1. The number of methoxy groups -OCH3 is 1. The zero-order valence-electron chi connectivity index (χ0n) is 22.4. The van der Waals surface area contributed by atoms with Crippen LogP contribution in [0.3, 0.4) is 0 Å². The lowest BCUT2D eigenvalue weighted by Gasteiger charge is -2.14. The highest BCUT2D eigenvalue weighted by atomic mass is 32.2. The molecule has 1 aliphatic rings. The molecule has 41 heavy (non-hydrogen) atoms. The van der Waals surface area contributed by atoms with E-state index in [4.69, 9.17) is 9.72 Å². The van der Waals surface area contributed by atoms with Crippen molar-refractivity contribution in [3.63, 3.8) is 0 Å². The van der Waals surface area contributed by atoms with Crippen LogP contribution in [-0.4, -0.2) is 55.8 Å². The monoisotopic (exact) mass is 570 g/mol. The van der Waals surface area contributed by atoms with Gasteiger partial charge < -0.3 is 10.1 Å². The van der Waals surface area contributed by atoms with Gasteiger partial charge in [-0.25, -0.2) is 33.3 Å². The normalized spacial score (nSPS) is 13.3. The van der Waals surface area contributed by atoms with E-state index in [1.165, 1.54) is 30.3 Å². The average molecular weight is 571 g/mol. The number of sulfone groups is 1. The molecule has 4 heterocycles. The largest absolute Gasteiger partial charge is 0.480 e. The van der Waals surface area contributed by atoms with Crippen molar-refractivity contribution < 1.29 is 13.2 Å². The number of nitrogens with zero attached hydrogens (tertiary/aromatic N) is 7. The quantitative estimate of drug-likeness (QED) is 0.277. The van der Waals surface area contributed by atoms with Crippen molar-refractivity contribution in [3.8, 4) is 23.0 Å². The summed E-state index contributed by atoms with van der Waals surface area (Å²) in [6.45, 7) is 1.73. The summed E-state index contributed by atoms with van der Waals surface area (Å²) in [7, 11) is -1.82. The zero-order chi connectivity index (χ0) is 28.6. The summed E-state index contributed by atoms with van der Waals surface area (Å²) in [5.74, 6) is 1.05. The molecule has 1 N–H and O–H groups in total. The maximum atomic E-state index is 13.8. The van der Waals surface area contributed by atoms with Crippen molar-refractivity contribution in [1.82, 2.24) is 34.5 Å².